The zero-order chi connectivity index (χ0) is 10.4. The molecule has 1 heterocycles. The number of nitrogens with zero attached hydrogens (tertiary/aromatic N) is 1. The van der Waals surface area contributed by atoms with Crippen LogP contribution in [0.25, 0.3) is 0 Å². The van der Waals surface area contributed by atoms with E-state index in [1.807, 2.05) is 0 Å². The lowest BCUT2D eigenvalue weighted by molar-refractivity contribution is -0.131. The van der Waals surface area contributed by atoms with E-state index in [1.165, 1.54) is 25.3 Å². The molecule has 3 heteroatoms. The third kappa shape index (κ3) is 3.92. The summed E-state index contributed by atoms with van der Waals surface area (Å²) in [6.45, 7) is 5.26. The molecule has 1 rings (SSSR count). The monoisotopic (exact) mass is 197 g/mol. The van der Waals surface area contributed by atoms with Crippen LogP contribution in [0.4, 0.5) is 0 Å². The van der Waals surface area contributed by atoms with Crippen LogP contribution in [0.1, 0.15) is 26.2 Å². The summed E-state index contributed by atoms with van der Waals surface area (Å²) in [7, 11) is 0. The van der Waals surface area contributed by atoms with Gasteiger partial charge in [0.2, 0.25) is 0 Å². The summed E-state index contributed by atoms with van der Waals surface area (Å²) in [5, 5.41) is 8.42. The summed E-state index contributed by atoms with van der Waals surface area (Å²) in [6, 6.07) is 0. The molecule has 80 valence electrons. The summed E-state index contributed by atoms with van der Waals surface area (Å²) in [4.78, 5) is 12.6. The van der Waals surface area contributed by atoms with Gasteiger partial charge in [-0.3, -0.25) is 4.90 Å². The standard InChI is InChI=1S/C11H19NO2/c1-2-4-10-6-8-12(9-10)7-3-5-11(13)14/h3,5,10H,2,4,6-9H2,1H3,(H,13,14)/b5-3+. The Morgan fingerprint density at radius 1 is 1.64 bits per heavy atom. The van der Waals surface area contributed by atoms with Crippen LogP contribution in [0.2, 0.25) is 0 Å². The number of carbonyl (C=O) groups is 1. The van der Waals surface area contributed by atoms with Crippen LogP contribution < -0.4 is 0 Å². The van der Waals surface area contributed by atoms with Crippen molar-refractivity contribution in [1.29, 1.82) is 0 Å². The minimum atomic E-state index is -0.852. The first-order valence-corrected chi connectivity index (χ1v) is 5.34. The first-order valence-electron chi connectivity index (χ1n) is 5.34. The highest BCUT2D eigenvalue weighted by atomic mass is 16.4. The number of aliphatic carboxylic acids is 1. The molecule has 0 aliphatic carbocycles. The number of rotatable bonds is 5. The van der Waals surface area contributed by atoms with Crippen LogP contribution in [0.3, 0.4) is 0 Å². The Labute approximate surface area is 85.4 Å². The van der Waals surface area contributed by atoms with Crippen LogP contribution in [0, 0.1) is 5.92 Å². The Morgan fingerprint density at radius 2 is 2.43 bits per heavy atom. The highest BCUT2D eigenvalue weighted by Crippen LogP contribution is 2.20. The van der Waals surface area contributed by atoms with Crippen LogP contribution in [0.5, 0.6) is 0 Å². The van der Waals surface area contributed by atoms with Crippen molar-refractivity contribution in [3.8, 4) is 0 Å². The summed E-state index contributed by atoms with van der Waals surface area (Å²) in [6.07, 6.45) is 6.79. The molecule has 1 aliphatic heterocycles. The van der Waals surface area contributed by atoms with Gasteiger partial charge in [-0.2, -0.15) is 0 Å². The van der Waals surface area contributed by atoms with E-state index >= 15 is 0 Å². The minimum Gasteiger partial charge on any atom is -0.478 e. The molecule has 1 atom stereocenters. The van der Waals surface area contributed by atoms with Crippen LogP contribution in [0.15, 0.2) is 12.2 Å². The van der Waals surface area contributed by atoms with Gasteiger partial charge < -0.3 is 5.11 Å². The van der Waals surface area contributed by atoms with E-state index in [-0.39, 0.29) is 0 Å². The van der Waals surface area contributed by atoms with Crippen molar-refractivity contribution >= 4 is 5.97 Å². The molecule has 1 unspecified atom stereocenters. The summed E-state index contributed by atoms with van der Waals surface area (Å²) >= 11 is 0. The molecule has 1 saturated heterocycles. The number of hydrogen-bond donors (Lipinski definition) is 1. The SMILES string of the molecule is CCCC1CCN(C/C=C/C(=O)O)C1. The average molecular weight is 197 g/mol. The Bertz CT molecular complexity index is 213. The van der Waals surface area contributed by atoms with E-state index in [4.69, 9.17) is 5.11 Å². The second-order valence-electron chi connectivity index (χ2n) is 3.94. The summed E-state index contributed by atoms with van der Waals surface area (Å²) in [5.74, 6) is -0.0208. The van der Waals surface area contributed by atoms with E-state index < -0.39 is 5.97 Å². The predicted molar refractivity (Wildman–Crippen MR) is 56.2 cm³/mol. The van der Waals surface area contributed by atoms with Crippen molar-refractivity contribution in [1.82, 2.24) is 4.90 Å². The molecule has 0 saturated carbocycles. The smallest absolute Gasteiger partial charge is 0.328 e. The fourth-order valence-electron chi connectivity index (χ4n) is 2.03. The number of likely N-dealkylation sites (tertiary alicyclic amines) is 1. The van der Waals surface area contributed by atoms with Crippen molar-refractivity contribution in [2.24, 2.45) is 5.92 Å². The molecule has 0 amide bonds. The van der Waals surface area contributed by atoms with Crippen molar-refractivity contribution in [2.75, 3.05) is 19.6 Å². The van der Waals surface area contributed by atoms with E-state index in [1.54, 1.807) is 6.08 Å². The molecule has 0 aromatic heterocycles. The fourth-order valence-corrected chi connectivity index (χ4v) is 2.03. The zero-order valence-corrected chi connectivity index (χ0v) is 8.78. The van der Waals surface area contributed by atoms with Gasteiger partial charge in [-0.1, -0.05) is 19.4 Å². The van der Waals surface area contributed by atoms with Crippen molar-refractivity contribution < 1.29 is 9.90 Å². The highest BCUT2D eigenvalue weighted by molar-refractivity contribution is 5.79. The van der Waals surface area contributed by atoms with Gasteiger partial charge >= 0.3 is 5.97 Å². The van der Waals surface area contributed by atoms with Crippen LogP contribution in [-0.4, -0.2) is 35.6 Å². The van der Waals surface area contributed by atoms with E-state index in [9.17, 15) is 4.79 Å². The third-order valence-corrected chi connectivity index (χ3v) is 2.69. The summed E-state index contributed by atoms with van der Waals surface area (Å²) < 4.78 is 0. The normalized spacial score (nSPS) is 23.4. The quantitative estimate of drug-likeness (QED) is 0.683. The molecule has 1 N–H and O–H groups in total. The largest absolute Gasteiger partial charge is 0.478 e. The van der Waals surface area contributed by atoms with Crippen LogP contribution in [-0.2, 0) is 4.79 Å². The lowest BCUT2D eigenvalue weighted by atomic mass is 10.0. The predicted octanol–water partition coefficient (Wildman–Crippen LogP) is 1.75. The van der Waals surface area contributed by atoms with E-state index in [2.05, 4.69) is 11.8 Å². The van der Waals surface area contributed by atoms with Gasteiger partial charge in [0.05, 0.1) is 0 Å². The maximum atomic E-state index is 10.2. The second kappa shape index (κ2) is 5.81. The minimum absolute atomic E-state index is 0.784. The molecule has 1 aliphatic rings. The molecule has 1 fully saturated rings. The summed E-state index contributed by atoms with van der Waals surface area (Å²) in [5.41, 5.74) is 0. The molecule has 0 aromatic carbocycles. The second-order valence-corrected chi connectivity index (χ2v) is 3.94. The third-order valence-electron chi connectivity index (χ3n) is 2.69. The molecule has 14 heavy (non-hydrogen) atoms. The maximum absolute atomic E-state index is 10.2. The average Bonchev–Trinajstić information content (AvgIpc) is 2.53. The van der Waals surface area contributed by atoms with Gasteiger partial charge in [0.1, 0.15) is 0 Å². The number of hydrogen-bond acceptors (Lipinski definition) is 2. The van der Waals surface area contributed by atoms with E-state index in [0.29, 0.717) is 0 Å². The molecule has 3 nitrogen and oxygen atoms in total. The molecule has 0 radical (unpaired) electrons. The van der Waals surface area contributed by atoms with Gasteiger partial charge in [0.25, 0.3) is 0 Å². The van der Waals surface area contributed by atoms with Crippen molar-refractivity contribution in [3.05, 3.63) is 12.2 Å². The molecular weight excluding hydrogens is 178 g/mol. The Balaban J connectivity index is 2.19. The number of carboxylic acids is 1. The van der Waals surface area contributed by atoms with Gasteiger partial charge in [-0.25, -0.2) is 4.79 Å². The van der Waals surface area contributed by atoms with Gasteiger partial charge in [-0.15, -0.1) is 0 Å². The number of carboxylic acid groups (broad SMARTS) is 1. The molecule has 0 aromatic rings. The zero-order valence-electron chi connectivity index (χ0n) is 8.78. The highest BCUT2D eigenvalue weighted by Gasteiger charge is 2.20. The molecule has 0 spiro atoms. The Morgan fingerprint density at radius 3 is 3.07 bits per heavy atom. The van der Waals surface area contributed by atoms with Gasteiger partial charge in [0.15, 0.2) is 0 Å². The van der Waals surface area contributed by atoms with Gasteiger partial charge in [-0.05, 0) is 25.3 Å². The van der Waals surface area contributed by atoms with E-state index in [0.717, 1.165) is 25.6 Å². The Kier molecular flexibility index (Phi) is 4.66. The van der Waals surface area contributed by atoms with Gasteiger partial charge in [0, 0.05) is 19.2 Å². The fraction of sp³-hybridized carbons (Fsp3) is 0.727. The first-order chi connectivity index (χ1) is 6.72. The topological polar surface area (TPSA) is 40.5 Å². The lowest BCUT2D eigenvalue weighted by Crippen LogP contribution is -2.20. The van der Waals surface area contributed by atoms with Crippen molar-refractivity contribution in [3.63, 3.8) is 0 Å². The lowest BCUT2D eigenvalue weighted by Gasteiger charge is -2.12. The van der Waals surface area contributed by atoms with Crippen molar-refractivity contribution in [2.45, 2.75) is 26.2 Å². The molecular formula is C11H19NO2. The van der Waals surface area contributed by atoms with Crippen LogP contribution >= 0.6 is 0 Å². The maximum Gasteiger partial charge on any atom is 0.328 e. The molecule has 0 bridgehead atoms. The Hall–Kier alpha value is -0.830. The first kappa shape index (κ1) is 11.2.